The van der Waals surface area contributed by atoms with E-state index in [1.54, 1.807) is 26.2 Å². The van der Waals surface area contributed by atoms with Gasteiger partial charge in [0, 0.05) is 13.0 Å². The highest BCUT2D eigenvalue weighted by atomic mass is 16.5. The second-order valence-corrected chi connectivity index (χ2v) is 7.39. The van der Waals surface area contributed by atoms with Crippen molar-refractivity contribution < 1.29 is 28.5 Å². The summed E-state index contributed by atoms with van der Waals surface area (Å²) in [7, 11) is 6.14. The Morgan fingerprint density at radius 3 is 2.26 bits per heavy atom. The van der Waals surface area contributed by atoms with E-state index in [-0.39, 0.29) is 18.3 Å². The Morgan fingerprint density at radius 2 is 1.65 bits per heavy atom. The molecule has 0 aliphatic carbocycles. The fourth-order valence-corrected chi connectivity index (χ4v) is 3.98. The first kappa shape index (κ1) is 22.5. The molecule has 2 aromatic carbocycles. The van der Waals surface area contributed by atoms with Gasteiger partial charge in [-0.3, -0.25) is 9.59 Å². The minimum Gasteiger partial charge on any atom is -0.497 e. The zero-order valence-corrected chi connectivity index (χ0v) is 18.5. The Morgan fingerprint density at radius 1 is 0.968 bits per heavy atom. The molecule has 1 aliphatic heterocycles. The minimum atomic E-state index is -0.403. The van der Waals surface area contributed by atoms with Gasteiger partial charge in [0.1, 0.15) is 5.75 Å². The molecule has 31 heavy (non-hydrogen) atoms. The molecule has 1 atom stereocenters. The lowest BCUT2D eigenvalue weighted by Crippen LogP contribution is -2.41. The second-order valence-electron chi connectivity index (χ2n) is 7.39. The number of hydrogen-bond donors (Lipinski definition) is 0. The number of ether oxygens (including phenoxy) is 4. The van der Waals surface area contributed by atoms with Gasteiger partial charge in [-0.2, -0.15) is 0 Å². The van der Waals surface area contributed by atoms with Gasteiger partial charge >= 0.3 is 5.97 Å². The monoisotopic (exact) mass is 427 g/mol. The average Bonchev–Trinajstić information content (AvgIpc) is 2.81. The van der Waals surface area contributed by atoms with Crippen molar-refractivity contribution in [1.29, 1.82) is 0 Å². The Kier molecular flexibility index (Phi) is 7.39. The van der Waals surface area contributed by atoms with Crippen LogP contribution in [0.1, 0.15) is 35.6 Å². The molecule has 0 aromatic heterocycles. The lowest BCUT2D eigenvalue weighted by Gasteiger charge is -2.37. The second kappa shape index (κ2) is 10.2. The van der Waals surface area contributed by atoms with Gasteiger partial charge in [-0.1, -0.05) is 12.1 Å². The maximum Gasteiger partial charge on any atom is 0.307 e. The van der Waals surface area contributed by atoms with Gasteiger partial charge in [-0.05, 0) is 53.8 Å². The lowest BCUT2D eigenvalue weighted by molar-refractivity contribution is -0.144. The summed E-state index contributed by atoms with van der Waals surface area (Å²) in [6.07, 6.45) is 1.74. The highest BCUT2D eigenvalue weighted by Gasteiger charge is 2.33. The third-order valence-electron chi connectivity index (χ3n) is 5.70. The number of rotatable bonds is 8. The quantitative estimate of drug-likeness (QED) is 0.602. The Labute approximate surface area is 182 Å². The van der Waals surface area contributed by atoms with Crippen LogP contribution in [-0.2, 0) is 27.2 Å². The number of fused-ring (bicyclic) bond motifs is 1. The van der Waals surface area contributed by atoms with E-state index in [4.69, 9.17) is 18.9 Å². The SMILES string of the molecule is COC(=O)C[C@@H]1c2cc(OC)c(OC)cc2CCN1C(=O)CCc1ccc(OC)cc1. The average molecular weight is 427 g/mol. The smallest absolute Gasteiger partial charge is 0.307 e. The number of carbonyl (C=O) groups is 2. The van der Waals surface area contributed by atoms with Crippen LogP contribution >= 0.6 is 0 Å². The maximum absolute atomic E-state index is 13.2. The Hall–Kier alpha value is -3.22. The number of methoxy groups -OCH3 is 4. The molecule has 0 bridgehead atoms. The van der Waals surface area contributed by atoms with Gasteiger partial charge in [0.2, 0.25) is 5.91 Å². The van der Waals surface area contributed by atoms with Crippen molar-refractivity contribution in [1.82, 2.24) is 4.90 Å². The molecule has 0 N–H and O–H groups in total. The predicted molar refractivity (Wildman–Crippen MR) is 116 cm³/mol. The number of amides is 1. The maximum atomic E-state index is 13.2. The summed E-state index contributed by atoms with van der Waals surface area (Å²) in [6.45, 7) is 0.533. The molecule has 0 fully saturated rings. The molecule has 7 nitrogen and oxygen atoms in total. The van der Waals surface area contributed by atoms with Crippen LogP contribution in [-0.4, -0.2) is 51.8 Å². The number of nitrogens with zero attached hydrogens (tertiary/aromatic N) is 1. The fourth-order valence-electron chi connectivity index (χ4n) is 3.98. The first-order valence-corrected chi connectivity index (χ1v) is 10.2. The molecular weight excluding hydrogens is 398 g/mol. The van der Waals surface area contributed by atoms with E-state index >= 15 is 0 Å². The van der Waals surface area contributed by atoms with Crippen molar-refractivity contribution >= 4 is 11.9 Å². The van der Waals surface area contributed by atoms with Crippen LogP contribution in [0.2, 0.25) is 0 Å². The van der Waals surface area contributed by atoms with Crippen LogP contribution in [0.15, 0.2) is 36.4 Å². The standard InChI is InChI=1S/C24H29NO6/c1-28-18-8-5-16(6-9-18)7-10-23(26)25-12-11-17-13-21(29-2)22(30-3)14-19(17)20(25)15-24(27)31-4/h5-6,8-9,13-14,20H,7,10-12,15H2,1-4H3/t20-/m1/s1. The molecule has 0 radical (unpaired) electrons. The van der Waals surface area contributed by atoms with Crippen LogP contribution in [0.3, 0.4) is 0 Å². The highest BCUT2D eigenvalue weighted by molar-refractivity contribution is 5.79. The molecule has 0 spiro atoms. The number of hydrogen-bond acceptors (Lipinski definition) is 6. The number of benzene rings is 2. The van der Waals surface area contributed by atoms with Gasteiger partial charge in [0.25, 0.3) is 0 Å². The molecule has 3 rings (SSSR count). The van der Waals surface area contributed by atoms with Crippen LogP contribution in [0.25, 0.3) is 0 Å². The van der Waals surface area contributed by atoms with Gasteiger partial charge in [-0.25, -0.2) is 0 Å². The summed E-state index contributed by atoms with van der Waals surface area (Å²) in [6, 6.07) is 11.1. The zero-order chi connectivity index (χ0) is 22.4. The summed E-state index contributed by atoms with van der Waals surface area (Å²) >= 11 is 0. The summed E-state index contributed by atoms with van der Waals surface area (Å²) in [4.78, 5) is 27.1. The van der Waals surface area contributed by atoms with E-state index in [0.29, 0.717) is 37.3 Å². The van der Waals surface area contributed by atoms with Crippen molar-refractivity contribution in [2.45, 2.75) is 31.7 Å². The van der Waals surface area contributed by atoms with Crippen LogP contribution in [0.4, 0.5) is 0 Å². The van der Waals surface area contributed by atoms with E-state index in [9.17, 15) is 9.59 Å². The molecule has 2 aromatic rings. The number of aryl methyl sites for hydroxylation is 1. The summed E-state index contributed by atoms with van der Waals surface area (Å²) in [5, 5.41) is 0. The molecule has 0 saturated carbocycles. The molecule has 7 heteroatoms. The normalized spacial score (nSPS) is 15.1. The van der Waals surface area contributed by atoms with Crippen molar-refractivity contribution in [2.24, 2.45) is 0 Å². The van der Waals surface area contributed by atoms with Gasteiger partial charge in [0.05, 0.1) is 40.9 Å². The minimum absolute atomic E-state index is 0.00477. The van der Waals surface area contributed by atoms with Crippen molar-refractivity contribution in [3.8, 4) is 17.2 Å². The Balaban J connectivity index is 1.82. The molecule has 1 heterocycles. The van der Waals surface area contributed by atoms with Gasteiger partial charge in [-0.15, -0.1) is 0 Å². The van der Waals surface area contributed by atoms with E-state index in [0.717, 1.165) is 22.4 Å². The van der Waals surface area contributed by atoms with Crippen LogP contribution in [0.5, 0.6) is 17.2 Å². The van der Waals surface area contributed by atoms with Crippen LogP contribution < -0.4 is 14.2 Å². The molecule has 1 amide bonds. The third kappa shape index (κ3) is 5.10. The summed E-state index contributed by atoms with van der Waals surface area (Å²) < 4.78 is 20.9. The predicted octanol–water partition coefficient (Wildman–Crippen LogP) is 3.33. The topological polar surface area (TPSA) is 74.3 Å². The molecule has 166 valence electrons. The summed E-state index contributed by atoms with van der Waals surface area (Å²) in [5.41, 5.74) is 3.00. The number of esters is 1. The lowest BCUT2D eigenvalue weighted by atomic mass is 9.89. The Bertz CT molecular complexity index is 924. The fraction of sp³-hybridized carbons (Fsp3) is 0.417. The number of carbonyl (C=O) groups excluding carboxylic acids is 2. The molecule has 1 aliphatic rings. The van der Waals surface area contributed by atoms with Crippen molar-refractivity contribution in [2.75, 3.05) is 35.0 Å². The first-order chi connectivity index (χ1) is 15.0. The first-order valence-electron chi connectivity index (χ1n) is 10.2. The van der Waals surface area contributed by atoms with Gasteiger partial charge < -0.3 is 23.8 Å². The zero-order valence-electron chi connectivity index (χ0n) is 18.5. The molecule has 0 unspecified atom stereocenters. The van der Waals surface area contributed by atoms with E-state index in [1.807, 2.05) is 36.4 Å². The van der Waals surface area contributed by atoms with E-state index < -0.39 is 6.04 Å². The van der Waals surface area contributed by atoms with E-state index in [2.05, 4.69) is 0 Å². The van der Waals surface area contributed by atoms with Gasteiger partial charge in [0.15, 0.2) is 11.5 Å². The highest BCUT2D eigenvalue weighted by Crippen LogP contribution is 2.39. The molecular formula is C24H29NO6. The van der Waals surface area contributed by atoms with Crippen molar-refractivity contribution in [3.63, 3.8) is 0 Å². The van der Waals surface area contributed by atoms with E-state index in [1.165, 1.54) is 7.11 Å². The van der Waals surface area contributed by atoms with Crippen molar-refractivity contribution in [3.05, 3.63) is 53.1 Å². The molecule has 0 saturated heterocycles. The third-order valence-corrected chi connectivity index (χ3v) is 5.70. The summed E-state index contributed by atoms with van der Waals surface area (Å²) in [5.74, 6) is 1.64. The van der Waals surface area contributed by atoms with Crippen LogP contribution in [0, 0.1) is 0 Å². The largest absolute Gasteiger partial charge is 0.497 e.